The van der Waals surface area contributed by atoms with Crippen LogP contribution in [0.3, 0.4) is 0 Å². The number of imidazole rings is 1. The number of aromatic nitrogens is 5. The van der Waals surface area contributed by atoms with Crippen LogP contribution in [0.2, 0.25) is 0 Å². The van der Waals surface area contributed by atoms with Gasteiger partial charge in [-0.05, 0) is 32.9 Å². The third-order valence-electron chi connectivity index (χ3n) is 7.96. The molecule has 208 valence electrons. The number of methoxy groups -OCH3 is 1. The standard InChI is InChI=1S/C29H40N8O2/c1-6-25-30-23-18-22(38-5)7-8-24(23)36(25)26-19-28(34-13-15-39-16-14-34)37-27(31-26)17-21(32-37)20-33-9-11-35(12-10-33)29(2,3)4/h7-8,17-19H,6,9-16,20H2,1-5H3. The molecule has 3 aromatic heterocycles. The first kappa shape index (κ1) is 26.0. The highest BCUT2D eigenvalue weighted by Crippen LogP contribution is 2.28. The van der Waals surface area contributed by atoms with E-state index in [4.69, 9.17) is 24.5 Å². The van der Waals surface area contributed by atoms with Gasteiger partial charge in [0.05, 0.1) is 37.1 Å². The van der Waals surface area contributed by atoms with E-state index in [0.717, 1.165) is 97.8 Å². The third kappa shape index (κ3) is 5.08. The maximum atomic E-state index is 5.67. The monoisotopic (exact) mass is 532 g/mol. The molecule has 0 N–H and O–H groups in total. The third-order valence-corrected chi connectivity index (χ3v) is 7.96. The zero-order valence-electron chi connectivity index (χ0n) is 23.9. The summed E-state index contributed by atoms with van der Waals surface area (Å²) in [7, 11) is 1.69. The van der Waals surface area contributed by atoms with Crippen LogP contribution in [0.15, 0.2) is 30.3 Å². The maximum Gasteiger partial charge on any atom is 0.160 e. The second-order valence-electron chi connectivity index (χ2n) is 11.5. The van der Waals surface area contributed by atoms with Crippen LogP contribution in [-0.2, 0) is 17.7 Å². The van der Waals surface area contributed by atoms with Gasteiger partial charge >= 0.3 is 0 Å². The Kier molecular flexibility index (Phi) is 6.95. The molecule has 0 saturated carbocycles. The minimum Gasteiger partial charge on any atom is -0.497 e. The zero-order chi connectivity index (χ0) is 27.1. The average Bonchev–Trinajstić information content (AvgIpc) is 3.52. The number of hydrogen-bond acceptors (Lipinski definition) is 8. The van der Waals surface area contributed by atoms with Crippen molar-refractivity contribution in [1.29, 1.82) is 0 Å². The van der Waals surface area contributed by atoms with Gasteiger partial charge in [-0.15, -0.1) is 0 Å². The Morgan fingerprint density at radius 2 is 1.72 bits per heavy atom. The predicted octanol–water partition coefficient (Wildman–Crippen LogP) is 3.39. The Morgan fingerprint density at radius 1 is 0.949 bits per heavy atom. The molecule has 0 bridgehead atoms. The number of fused-ring (bicyclic) bond motifs is 2. The van der Waals surface area contributed by atoms with Crippen LogP contribution in [-0.4, -0.2) is 99.1 Å². The summed E-state index contributed by atoms with van der Waals surface area (Å²) < 4.78 is 15.3. The molecule has 5 heterocycles. The molecule has 2 saturated heterocycles. The average molecular weight is 533 g/mol. The Hall–Kier alpha value is -3.21. The number of nitrogens with zero attached hydrogens (tertiary/aromatic N) is 8. The quantitative estimate of drug-likeness (QED) is 0.374. The highest BCUT2D eigenvalue weighted by Gasteiger charge is 2.27. The largest absolute Gasteiger partial charge is 0.497 e. The molecular formula is C29H40N8O2. The lowest BCUT2D eigenvalue weighted by molar-refractivity contribution is 0.0585. The molecule has 0 radical (unpaired) electrons. The molecule has 0 aliphatic carbocycles. The normalized spacial score (nSPS) is 17.9. The summed E-state index contributed by atoms with van der Waals surface area (Å²) >= 11 is 0. The second-order valence-corrected chi connectivity index (χ2v) is 11.5. The topological polar surface area (TPSA) is 76.2 Å². The van der Waals surface area contributed by atoms with Gasteiger partial charge in [-0.1, -0.05) is 6.92 Å². The first-order chi connectivity index (χ1) is 18.8. The number of piperazine rings is 1. The van der Waals surface area contributed by atoms with Gasteiger partial charge in [0.1, 0.15) is 23.2 Å². The van der Waals surface area contributed by atoms with Crippen LogP contribution in [0, 0.1) is 0 Å². The summed E-state index contributed by atoms with van der Waals surface area (Å²) in [6.45, 7) is 17.2. The Balaban J connectivity index is 1.39. The number of benzene rings is 1. The lowest BCUT2D eigenvalue weighted by Gasteiger charge is -2.42. The smallest absolute Gasteiger partial charge is 0.160 e. The van der Waals surface area contributed by atoms with E-state index < -0.39 is 0 Å². The van der Waals surface area contributed by atoms with Crippen molar-refractivity contribution >= 4 is 22.5 Å². The number of rotatable bonds is 6. The number of aryl methyl sites for hydroxylation is 1. The van der Waals surface area contributed by atoms with Crippen LogP contribution in [0.25, 0.3) is 22.5 Å². The van der Waals surface area contributed by atoms with Crippen LogP contribution in [0.1, 0.15) is 39.2 Å². The van der Waals surface area contributed by atoms with Crippen LogP contribution >= 0.6 is 0 Å². The Labute approximate surface area is 230 Å². The number of hydrogen-bond donors (Lipinski definition) is 0. The lowest BCUT2D eigenvalue weighted by Crippen LogP contribution is -2.53. The van der Waals surface area contributed by atoms with E-state index in [-0.39, 0.29) is 5.54 Å². The SMILES string of the molecule is CCc1nc2cc(OC)ccc2n1-c1cc(N2CCOCC2)n2nc(CN3CCN(C(C)(C)C)CC3)cc2n1. The van der Waals surface area contributed by atoms with Crippen molar-refractivity contribution in [3.05, 3.63) is 41.9 Å². The van der Waals surface area contributed by atoms with Gasteiger partial charge < -0.3 is 14.4 Å². The van der Waals surface area contributed by atoms with Gasteiger partial charge in [0.2, 0.25) is 0 Å². The molecule has 1 aromatic carbocycles. The molecule has 0 spiro atoms. The Morgan fingerprint density at radius 3 is 2.41 bits per heavy atom. The number of morpholine rings is 1. The van der Waals surface area contributed by atoms with Gasteiger partial charge in [0.15, 0.2) is 5.65 Å². The lowest BCUT2D eigenvalue weighted by atomic mass is 10.0. The van der Waals surface area contributed by atoms with E-state index in [0.29, 0.717) is 13.2 Å². The van der Waals surface area contributed by atoms with Crippen LogP contribution in [0.5, 0.6) is 5.75 Å². The molecule has 10 heteroatoms. The van der Waals surface area contributed by atoms with Crippen molar-refractivity contribution in [2.45, 2.75) is 46.2 Å². The zero-order valence-corrected chi connectivity index (χ0v) is 23.9. The predicted molar refractivity (Wildman–Crippen MR) is 153 cm³/mol. The minimum atomic E-state index is 0.211. The Bertz CT molecular complexity index is 1460. The van der Waals surface area contributed by atoms with Crippen molar-refractivity contribution in [1.82, 2.24) is 33.9 Å². The first-order valence-electron chi connectivity index (χ1n) is 14.1. The summed E-state index contributed by atoms with van der Waals surface area (Å²) in [6, 6.07) is 10.3. The summed E-state index contributed by atoms with van der Waals surface area (Å²) in [4.78, 5) is 17.5. The highest BCUT2D eigenvalue weighted by atomic mass is 16.5. The van der Waals surface area contributed by atoms with Crippen molar-refractivity contribution in [2.24, 2.45) is 0 Å². The fraction of sp³-hybridized carbons (Fsp3) is 0.552. The molecule has 10 nitrogen and oxygen atoms in total. The van der Waals surface area contributed by atoms with Gasteiger partial charge in [0.25, 0.3) is 0 Å². The molecule has 39 heavy (non-hydrogen) atoms. The molecule has 0 unspecified atom stereocenters. The molecule has 0 amide bonds. The fourth-order valence-electron chi connectivity index (χ4n) is 5.74. The van der Waals surface area contributed by atoms with E-state index >= 15 is 0 Å². The van der Waals surface area contributed by atoms with Crippen molar-refractivity contribution < 1.29 is 9.47 Å². The fourth-order valence-corrected chi connectivity index (χ4v) is 5.74. The number of anilines is 1. The van der Waals surface area contributed by atoms with Crippen LogP contribution in [0.4, 0.5) is 5.82 Å². The van der Waals surface area contributed by atoms with Gasteiger partial charge in [-0.25, -0.2) is 9.97 Å². The van der Waals surface area contributed by atoms with Gasteiger partial charge in [-0.3, -0.25) is 14.4 Å². The van der Waals surface area contributed by atoms with Crippen molar-refractivity contribution in [2.75, 3.05) is 64.5 Å². The molecule has 2 aliphatic rings. The summed E-state index contributed by atoms with van der Waals surface area (Å²) in [5, 5.41) is 5.07. The summed E-state index contributed by atoms with van der Waals surface area (Å²) in [5.41, 5.74) is 4.05. The van der Waals surface area contributed by atoms with E-state index in [1.54, 1.807) is 7.11 Å². The molecule has 6 rings (SSSR count). The minimum absolute atomic E-state index is 0.211. The van der Waals surface area contributed by atoms with E-state index in [2.05, 4.69) is 65.2 Å². The summed E-state index contributed by atoms with van der Waals surface area (Å²) in [6.07, 6.45) is 0.793. The van der Waals surface area contributed by atoms with Crippen molar-refractivity contribution in [3.63, 3.8) is 0 Å². The second kappa shape index (κ2) is 10.4. The van der Waals surface area contributed by atoms with E-state index in [1.165, 1.54) is 0 Å². The van der Waals surface area contributed by atoms with Crippen LogP contribution < -0.4 is 9.64 Å². The van der Waals surface area contributed by atoms with E-state index in [1.807, 2.05) is 16.6 Å². The van der Waals surface area contributed by atoms with Gasteiger partial charge in [0, 0.05) is 76.0 Å². The first-order valence-corrected chi connectivity index (χ1v) is 14.1. The summed E-state index contributed by atoms with van der Waals surface area (Å²) in [5.74, 6) is 3.67. The van der Waals surface area contributed by atoms with Crippen molar-refractivity contribution in [3.8, 4) is 11.6 Å². The molecular weight excluding hydrogens is 492 g/mol. The van der Waals surface area contributed by atoms with E-state index in [9.17, 15) is 0 Å². The number of ether oxygens (including phenoxy) is 2. The molecule has 2 fully saturated rings. The molecule has 0 atom stereocenters. The molecule has 4 aromatic rings. The molecule has 2 aliphatic heterocycles. The maximum absolute atomic E-state index is 5.67. The van der Waals surface area contributed by atoms with Gasteiger partial charge in [-0.2, -0.15) is 9.61 Å². The highest BCUT2D eigenvalue weighted by molar-refractivity contribution is 5.80.